The van der Waals surface area contributed by atoms with Crippen molar-refractivity contribution in [2.24, 2.45) is 0 Å². The van der Waals surface area contributed by atoms with Gasteiger partial charge in [-0.25, -0.2) is 4.79 Å². The van der Waals surface area contributed by atoms with Gasteiger partial charge in [0.2, 0.25) is 5.82 Å². The summed E-state index contributed by atoms with van der Waals surface area (Å²) in [7, 11) is 0. The second-order valence-electron chi connectivity index (χ2n) is 6.49. The third kappa shape index (κ3) is 4.01. The number of aliphatic hydroxyl groups excluding tert-OH is 2. The zero-order chi connectivity index (χ0) is 20.4. The molecule has 0 unspecified atom stereocenters. The number of aromatic nitrogens is 3. The molecular weight excluding hydrogens is 375 g/mol. The van der Waals surface area contributed by atoms with Crippen LogP contribution in [-0.2, 0) is 11.3 Å². The number of amides is 1. The van der Waals surface area contributed by atoms with E-state index in [1.807, 2.05) is 0 Å². The predicted molar refractivity (Wildman–Crippen MR) is 93.3 cm³/mol. The fourth-order valence-corrected chi connectivity index (χ4v) is 2.94. The molecule has 4 N–H and O–H groups in total. The van der Waals surface area contributed by atoms with E-state index < -0.39 is 47.3 Å². The first-order valence-electron chi connectivity index (χ1n) is 8.47. The molecule has 11 heteroatoms. The summed E-state index contributed by atoms with van der Waals surface area (Å²) in [5.41, 5.74) is -1.21. The number of hydrogen-bond acceptors (Lipinski definition) is 7. The minimum absolute atomic E-state index is 0.152. The summed E-state index contributed by atoms with van der Waals surface area (Å²) in [4.78, 5) is 40.9. The Bertz CT molecular complexity index is 990. The minimum Gasteiger partial charge on any atom is -0.388 e. The molecule has 0 radical (unpaired) electrons. The molecule has 10 nitrogen and oxygen atoms in total. The lowest BCUT2D eigenvalue weighted by atomic mass is 9.97. The summed E-state index contributed by atoms with van der Waals surface area (Å²) in [5.74, 6) is -1.70. The van der Waals surface area contributed by atoms with E-state index in [0.29, 0.717) is 11.8 Å². The molecule has 0 spiro atoms. The van der Waals surface area contributed by atoms with Crippen molar-refractivity contribution in [3.05, 3.63) is 62.4 Å². The molecule has 1 saturated heterocycles. The summed E-state index contributed by atoms with van der Waals surface area (Å²) in [6.45, 7) is 1.26. The monoisotopic (exact) mass is 394 g/mol. The van der Waals surface area contributed by atoms with E-state index in [2.05, 4.69) is 10.3 Å². The summed E-state index contributed by atoms with van der Waals surface area (Å²) in [5, 5.41) is 23.2. The van der Waals surface area contributed by atoms with Gasteiger partial charge in [-0.1, -0.05) is 6.07 Å². The van der Waals surface area contributed by atoms with E-state index in [0.717, 1.165) is 4.57 Å². The number of nitrogens with zero attached hydrogens (tertiary/aromatic N) is 2. The first-order valence-corrected chi connectivity index (χ1v) is 8.47. The van der Waals surface area contributed by atoms with Gasteiger partial charge < -0.3 is 20.3 Å². The van der Waals surface area contributed by atoms with Gasteiger partial charge in [-0.05, 0) is 18.6 Å². The van der Waals surface area contributed by atoms with Crippen LogP contribution in [0.1, 0.15) is 16.1 Å². The van der Waals surface area contributed by atoms with Crippen molar-refractivity contribution in [2.45, 2.75) is 37.8 Å². The smallest absolute Gasteiger partial charge is 0.328 e. The fraction of sp³-hybridized carbons (Fsp3) is 0.412. The van der Waals surface area contributed by atoms with Crippen molar-refractivity contribution in [3.8, 4) is 0 Å². The number of aromatic amines is 1. The standard InChI is InChI=1S/C17H19FN4O6/c1-8-3-2-4-19-12(8)16(26)20-10-7-28-11(14(24)13(10)23)6-22-5-9(18)15(25)21-17(22)27/h2-5,10-11,13-14,23-24H,6-7H2,1H3,(H,20,26)(H,21,25,27)/t10-,11-,13+,14-/m1/s1. The topological polar surface area (TPSA) is 147 Å². The van der Waals surface area contributed by atoms with E-state index in [1.54, 1.807) is 24.0 Å². The van der Waals surface area contributed by atoms with Crippen LogP contribution in [0, 0.1) is 12.7 Å². The average Bonchev–Trinajstić information content (AvgIpc) is 2.65. The molecule has 2 aromatic rings. The lowest BCUT2D eigenvalue weighted by Crippen LogP contribution is -2.60. The van der Waals surface area contributed by atoms with Crippen molar-refractivity contribution < 1.29 is 24.1 Å². The number of hydrogen-bond donors (Lipinski definition) is 4. The van der Waals surface area contributed by atoms with Crippen LogP contribution in [0.3, 0.4) is 0 Å². The van der Waals surface area contributed by atoms with Crippen LogP contribution in [0.4, 0.5) is 4.39 Å². The fourth-order valence-electron chi connectivity index (χ4n) is 2.94. The van der Waals surface area contributed by atoms with Crippen LogP contribution >= 0.6 is 0 Å². The minimum atomic E-state index is -1.47. The van der Waals surface area contributed by atoms with Gasteiger partial charge in [0, 0.05) is 6.20 Å². The highest BCUT2D eigenvalue weighted by atomic mass is 19.1. The van der Waals surface area contributed by atoms with Gasteiger partial charge in [-0.3, -0.25) is 24.1 Å². The Balaban J connectivity index is 1.68. The highest BCUT2D eigenvalue weighted by molar-refractivity contribution is 5.93. The molecule has 0 saturated carbocycles. The van der Waals surface area contributed by atoms with Crippen LogP contribution < -0.4 is 16.6 Å². The maximum absolute atomic E-state index is 13.4. The van der Waals surface area contributed by atoms with Crippen molar-refractivity contribution in [1.82, 2.24) is 19.9 Å². The van der Waals surface area contributed by atoms with Gasteiger partial charge in [-0.2, -0.15) is 4.39 Å². The summed E-state index contributed by atoms with van der Waals surface area (Å²) < 4.78 is 19.7. The lowest BCUT2D eigenvalue weighted by Gasteiger charge is -2.38. The first kappa shape index (κ1) is 19.9. The van der Waals surface area contributed by atoms with Crippen LogP contribution in [0.2, 0.25) is 0 Å². The molecule has 0 aromatic carbocycles. The zero-order valence-corrected chi connectivity index (χ0v) is 14.8. The second kappa shape index (κ2) is 8.00. The normalized spacial score (nSPS) is 24.7. The summed E-state index contributed by atoms with van der Waals surface area (Å²) in [6, 6.07) is 2.48. The third-order valence-corrected chi connectivity index (χ3v) is 4.52. The largest absolute Gasteiger partial charge is 0.388 e. The van der Waals surface area contributed by atoms with Gasteiger partial charge >= 0.3 is 5.69 Å². The molecule has 0 bridgehead atoms. The summed E-state index contributed by atoms with van der Waals surface area (Å²) >= 11 is 0. The molecule has 150 valence electrons. The Labute approximate surface area is 157 Å². The van der Waals surface area contributed by atoms with E-state index in [9.17, 15) is 29.0 Å². The maximum Gasteiger partial charge on any atom is 0.328 e. The zero-order valence-electron chi connectivity index (χ0n) is 14.8. The molecule has 4 atom stereocenters. The number of H-pyrrole nitrogens is 1. The number of aryl methyl sites for hydroxylation is 1. The predicted octanol–water partition coefficient (Wildman–Crippen LogP) is -1.70. The van der Waals surface area contributed by atoms with Crippen LogP contribution in [0.15, 0.2) is 34.1 Å². The summed E-state index contributed by atoms with van der Waals surface area (Å²) in [6.07, 6.45) is -1.76. The van der Waals surface area contributed by atoms with Gasteiger partial charge in [-0.15, -0.1) is 0 Å². The van der Waals surface area contributed by atoms with Gasteiger partial charge in [0.25, 0.3) is 11.5 Å². The quantitative estimate of drug-likeness (QED) is 0.483. The van der Waals surface area contributed by atoms with Crippen molar-refractivity contribution in [2.75, 3.05) is 6.61 Å². The number of halogens is 1. The van der Waals surface area contributed by atoms with Crippen LogP contribution in [0.25, 0.3) is 0 Å². The molecule has 0 aliphatic carbocycles. The van der Waals surface area contributed by atoms with Gasteiger partial charge in [0.15, 0.2) is 0 Å². The van der Waals surface area contributed by atoms with E-state index in [4.69, 9.17) is 4.74 Å². The van der Waals surface area contributed by atoms with Crippen molar-refractivity contribution in [3.63, 3.8) is 0 Å². The number of carbonyl (C=O) groups excluding carboxylic acids is 1. The Hall–Kier alpha value is -2.89. The molecule has 3 heterocycles. The van der Waals surface area contributed by atoms with Crippen molar-refractivity contribution in [1.29, 1.82) is 0 Å². The van der Waals surface area contributed by atoms with E-state index >= 15 is 0 Å². The Morgan fingerprint density at radius 3 is 2.89 bits per heavy atom. The van der Waals surface area contributed by atoms with Crippen LogP contribution in [-0.4, -0.2) is 61.6 Å². The number of carbonyl (C=O) groups is 1. The molecule has 1 aliphatic rings. The molecule has 1 amide bonds. The number of pyridine rings is 1. The second-order valence-corrected chi connectivity index (χ2v) is 6.49. The first-order chi connectivity index (χ1) is 13.3. The van der Waals surface area contributed by atoms with E-state index in [1.165, 1.54) is 6.20 Å². The van der Waals surface area contributed by atoms with Gasteiger partial charge in [0.05, 0.1) is 25.4 Å². The molecule has 1 aliphatic heterocycles. The van der Waals surface area contributed by atoms with Gasteiger partial charge in [0.1, 0.15) is 24.0 Å². The lowest BCUT2D eigenvalue weighted by molar-refractivity contribution is -0.152. The molecule has 1 fully saturated rings. The van der Waals surface area contributed by atoms with E-state index in [-0.39, 0.29) is 18.8 Å². The molecule has 2 aromatic heterocycles. The Morgan fingerprint density at radius 2 is 2.18 bits per heavy atom. The number of ether oxygens (including phenoxy) is 1. The SMILES string of the molecule is Cc1cccnc1C(=O)N[C@@H]1CO[C@H](Cn2cc(F)c(=O)[nH]c2=O)[C@@H](O)[C@H]1O. The molecule has 28 heavy (non-hydrogen) atoms. The number of aliphatic hydroxyl groups is 2. The average molecular weight is 394 g/mol. The Kier molecular flexibility index (Phi) is 5.68. The highest BCUT2D eigenvalue weighted by Gasteiger charge is 2.39. The number of rotatable bonds is 4. The maximum atomic E-state index is 13.4. The molecule has 3 rings (SSSR count). The van der Waals surface area contributed by atoms with Crippen LogP contribution in [0.5, 0.6) is 0 Å². The Morgan fingerprint density at radius 1 is 1.43 bits per heavy atom. The molecular formula is C17H19FN4O6. The third-order valence-electron chi connectivity index (χ3n) is 4.52. The number of nitrogens with one attached hydrogen (secondary N) is 2. The highest BCUT2D eigenvalue weighted by Crippen LogP contribution is 2.17. The van der Waals surface area contributed by atoms with Crippen molar-refractivity contribution >= 4 is 5.91 Å².